The van der Waals surface area contributed by atoms with Crippen LogP contribution < -0.4 is 20.3 Å². The second-order valence-electron chi connectivity index (χ2n) is 6.05. The van der Waals surface area contributed by atoms with Gasteiger partial charge in [0.15, 0.2) is 11.5 Å². The van der Waals surface area contributed by atoms with E-state index < -0.39 is 5.91 Å². The van der Waals surface area contributed by atoms with Crippen LogP contribution in [0.4, 0.5) is 0 Å². The smallest absolute Gasteiger partial charge is 0.269 e. The van der Waals surface area contributed by atoms with E-state index in [1.165, 1.54) is 7.11 Å². The highest BCUT2D eigenvalue weighted by molar-refractivity contribution is 5.96. The van der Waals surface area contributed by atoms with Crippen LogP contribution in [0.2, 0.25) is 0 Å². The SMILES string of the molecule is CCOc1ccc(C(=O)NNC(=O)Cc2nc3ccccc3n2C)cc1OC. The van der Waals surface area contributed by atoms with Gasteiger partial charge in [0.25, 0.3) is 5.91 Å². The van der Waals surface area contributed by atoms with E-state index in [0.717, 1.165) is 11.0 Å². The van der Waals surface area contributed by atoms with Gasteiger partial charge in [-0.2, -0.15) is 0 Å². The third-order valence-electron chi connectivity index (χ3n) is 4.24. The average molecular weight is 382 g/mol. The van der Waals surface area contributed by atoms with E-state index in [2.05, 4.69) is 15.8 Å². The average Bonchev–Trinajstić information content (AvgIpc) is 3.02. The zero-order valence-electron chi connectivity index (χ0n) is 16.0. The lowest BCUT2D eigenvalue weighted by Gasteiger charge is -2.11. The van der Waals surface area contributed by atoms with Crippen molar-refractivity contribution in [1.29, 1.82) is 0 Å². The largest absolute Gasteiger partial charge is 0.493 e. The molecule has 8 nitrogen and oxygen atoms in total. The van der Waals surface area contributed by atoms with Gasteiger partial charge in [0, 0.05) is 12.6 Å². The summed E-state index contributed by atoms with van der Waals surface area (Å²) in [5.74, 6) is 0.771. The molecule has 28 heavy (non-hydrogen) atoms. The number of methoxy groups -OCH3 is 1. The second kappa shape index (κ2) is 8.43. The first-order valence-corrected chi connectivity index (χ1v) is 8.83. The lowest BCUT2D eigenvalue weighted by molar-refractivity contribution is -0.121. The van der Waals surface area contributed by atoms with Crippen LogP contribution in [0.3, 0.4) is 0 Å². The van der Waals surface area contributed by atoms with Crippen molar-refractivity contribution >= 4 is 22.8 Å². The fraction of sp³-hybridized carbons (Fsp3) is 0.250. The number of hydrogen-bond acceptors (Lipinski definition) is 5. The molecule has 1 heterocycles. The Morgan fingerprint density at radius 3 is 2.61 bits per heavy atom. The Morgan fingerprint density at radius 1 is 1.11 bits per heavy atom. The minimum absolute atomic E-state index is 0.0397. The van der Waals surface area contributed by atoms with E-state index in [4.69, 9.17) is 9.47 Å². The quantitative estimate of drug-likeness (QED) is 0.636. The first-order chi connectivity index (χ1) is 13.5. The molecule has 3 rings (SSSR count). The van der Waals surface area contributed by atoms with Crippen LogP contribution in [0.5, 0.6) is 11.5 Å². The van der Waals surface area contributed by atoms with Crippen molar-refractivity contribution in [3.8, 4) is 11.5 Å². The number of imidazole rings is 1. The topological polar surface area (TPSA) is 94.5 Å². The molecule has 3 aromatic rings. The Kier molecular flexibility index (Phi) is 5.78. The first-order valence-electron chi connectivity index (χ1n) is 8.83. The number of para-hydroxylation sites is 2. The number of nitrogens with one attached hydrogen (secondary N) is 2. The molecule has 0 unspecified atom stereocenters. The van der Waals surface area contributed by atoms with Crippen LogP contribution in [0.25, 0.3) is 11.0 Å². The van der Waals surface area contributed by atoms with Gasteiger partial charge in [0.2, 0.25) is 5.91 Å². The highest BCUT2D eigenvalue weighted by Crippen LogP contribution is 2.27. The van der Waals surface area contributed by atoms with Crippen molar-refractivity contribution in [3.05, 3.63) is 53.9 Å². The van der Waals surface area contributed by atoms with Crippen LogP contribution in [-0.4, -0.2) is 35.1 Å². The monoisotopic (exact) mass is 382 g/mol. The van der Waals surface area contributed by atoms with Gasteiger partial charge in [-0.1, -0.05) is 12.1 Å². The van der Waals surface area contributed by atoms with Crippen LogP contribution in [-0.2, 0) is 18.3 Å². The highest BCUT2D eigenvalue weighted by atomic mass is 16.5. The van der Waals surface area contributed by atoms with Crippen molar-refractivity contribution in [2.75, 3.05) is 13.7 Å². The number of amides is 2. The Morgan fingerprint density at radius 2 is 1.89 bits per heavy atom. The standard InChI is InChI=1S/C20H22N4O4/c1-4-28-16-10-9-13(11-17(16)27-3)20(26)23-22-19(25)12-18-21-14-7-5-6-8-15(14)24(18)2/h5-11H,4,12H2,1-3H3,(H,22,25)(H,23,26). The summed E-state index contributed by atoms with van der Waals surface area (Å²) in [6.45, 7) is 2.35. The molecule has 146 valence electrons. The van der Waals surface area contributed by atoms with Crippen molar-refractivity contribution in [2.24, 2.45) is 7.05 Å². The molecule has 0 fully saturated rings. The van der Waals surface area contributed by atoms with Crippen LogP contribution >= 0.6 is 0 Å². The normalized spacial score (nSPS) is 10.5. The number of hydrogen-bond donors (Lipinski definition) is 2. The molecule has 2 N–H and O–H groups in total. The van der Waals surface area contributed by atoms with Crippen molar-refractivity contribution in [1.82, 2.24) is 20.4 Å². The molecule has 0 atom stereocenters. The van der Waals surface area contributed by atoms with Crippen LogP contribution in [0.1, 0.15) is 23.1 Å². The summed E-state index contributed by atoms with van der Waals surface area (Å²) in [4.78, 5) is 29.0. The number of aryl methyl sites for hydroxylation is 1. The highest BCUT2D eigenvalue weighted by Gasteiger charge is 2.14. The summed E-state index contributed by atoms with van der Waals surface area (Å²) < 4.78 is 12.5. The summed E-state index contributed by atoms with van der Waals surface area (Å²) in [5.41, 5.74) is 6.91. The fourth-order valence-corrected chi connectivity index (χ4v) is 2.82. The molecular formula is C20H22N4O4. The molecule has 0 saturated carbocycles. The summed E-state index contributed by atoms with van der Waals surface area (Å²) in [6, 6.07) is 12.4. The Hall–Kier alpha value is -3.55. The molecule has 0 aliphatic heterocycles. The number of carbonyl (C=O) groups excluding carboxylic acids is 2. The zero-order valence-corrected chi connectivity index (χ0v) is 16.0. The predicted octanol–water partition coefficient (Wildman–Crippen LogP) is 1.98. The van der Waals surface area contributed by atoms with Gasteiger partial charge in [0.1, 0.15) is 5.82 Å². The van der Waals surface area contributed by atoms with Crippen molar-refractivity contribution in [3.63, 3.8) is 0 Å². The van der Waals surface area contributed by atoms with Gasteiger partial charge in [-0.3, -0.25) is 20.4 Å². The van der Waals surface area contributed by atoms with Crippen molar-refractivity contribution < 1.29 is 19.1 Å². The molecular weight excluding hydrogens is 360 g/mol. The number of aromatic nitrogens is 2. The number of nitrogens with zero attached hydrogens (tertiary/aromatic N) is 2. The first kappa shape index (κ1) is 19.2. The van der Waals surface area contributed by atoms with Gasteiger partial charge in [0.05, 0.1) is 31.2 Å². The Bertz CT molecular complexity index is 1010. The lowest BCUT2D eigenvalue weighted by atomic mass is 10.2. The summed E-state index contributed by atoms with van der Waals surface area (Å²) >= 11 is 0. The van der Waals surface area contributed by atoms with Gasteiger partial charge in [-0.25, -0.2) is 4.98 Å². The molecule has 0 saturated heterocycles. The summed E-state index contributed by atoms with van der Waals surface area (Å²) in [7, 11) is 3.35. The molecule has 2 aromatic carbocycles. The molecule has 0 radical (unpaired) electrons. The number of hydrazine groups is 1. The number of benzene rings is 2. The number of fused-ring (bicyclic) bond motifs is 1. The van der Waals surface area contributed by atoms with Gasteiger partial charge in [-0.15, -0.1) is 0 Å². The molecule has 0 spiro atoms. The third-order valence-corrected chi connectivity index (χ3v) is 4.24. The maximum atomic E-state index is 12.3. The van der Waals surface area contributed by atoms with E-state index in [1.807, 2.05) is 42.8 Å². The second-order valence-corrected chi connectivity index (χ2v) is 6.05. The van der Waals surface area contributed by atoms with Crippen molar-refractivity contribution in [2.45, 2.75) is 13.3 Å². The maximum absolute atomic E-state index is 12.3. The Labute approximate surface area is 162 Å². The fourth-order valence-electron chi connectivity index (χ4n) is 2.82. The number of rotatable bonds is 6. The summed E-state index contributed by atoms with van der Waals surface area (Å²) in [6.07, 6.45) is 0.0397. The van der Waals surface area contributed by atoms with Crippen LogP contribution in [0, 0.1) is 0 Å². The minimum atomic E-state index is -0.459. The third kappa shape index (κ3) is 4.06. The number of carbonyl (C=O) groups is 2. The zero-order chi connectivity index (χ0) is 20.1. The summed E-state index contributed by atoms with van der Waals surface area (Å²) in [5, 5.41) is 0. The molecule has 0 aliphatic rings. The van der Waals surface area contributed by atoms with E-state index in [-0.39, 0.29) is 12.3 Å². The van der Waals surface area contributed by atoms with E-state index in [1.54, 1.807) is 18.2 Å². The maximum Gasteiger partial charge on any atom is 0.269 e. The van der Waals surface area contributed by atoms with Crippen LogP contribution in [0.15, 0.2) is 42.5 Å². The predicted molar refractivity (Wildman–Crippen MR) is 104 cm³/mol. The number of ether oxygens (including phenoxy) is 2. The molecule has 8 heteroatoms. The lowest BCUT2D eigenvalue weighted by Crippen LogP contribution is -2.42. The van der Waals surface area contributed by atoms with E-state index >= 15 is 0 Å². The van der Waals surface area contributed by atoms with Gasteiger partial charge >= 0.3 is 0 Å². The molecule has 0 bridgehead atoms. The molecule has 2 amide bonds. The minimum Gasteiger partial charge on any atom is -0.493 e. The van der Waals surface area contributed by atoms with E-state index in [0.29, 0.717) is 29.5 Å². The van der Waals surface area contributed by atoms with E-state index in [9.17, 15) is 9.59 Å². The Balaban J connectivity index is 1.62. The molecule has 0 aliphatic carbocycles. The molecule has 1 aromatic heterocycles. The van der Waals surface area contributed by atoms with Gasteiger partial charge < -0.3 is 14.0 Å². The van der Waals surface area contributed by atoms with Gasteiger partial charge in [-0.05, 0) is 37.3 Å².